The number of carbonyl (C=O) groups excluding carboxylic acids is 3. The number of rotatable bonds is 5. The molecule has 1 aromatic carbocycles. The highest BCUT2D eigenvalue weighted by atomic mass is 35.5. The molecular weight excluding hydrogens is 382 g/mol. The molecule has 3 amide bonds. The van der Waals surface area contributed by atoms with Crippen molar-refractivity contribution in [1.82, 2.24) is 15.5 Å². The van der Waals surface area contributed by atoms with Crippen molar-refractivity contribution in [2.75, 3.05) is 32.8 Å². The highest BCUT2D eigenvalue weighted by Crippen LogP contribution is 2.39. The van der Waals surface area contributed by atoms with Crippen molar-refractivity contribution in [1.29, 1.82) is 0 Å². The molecule has 3 saturated heterocycles. The maximum absolute atomic E-state index is 13.1. The van der Waals surface area contributed by atoms with E-state index in [9.17, 15) is 14.4 Å². The standard InChI is InChI=1S/C20H24ClN3O4/c1-19(11-28-12-19)18(27)24-9-20(10-24,8-13-2-4-14(21)5-3-13)17(26)23-15-6-7-22-16(15)25/h2-5,15H,6-12H2,1H3,(H,22,25)(H,23,26). The number of amides is 3. The van der Waals surface area contributed by atoms with Crippen LogP contribution in [0.5, 0.6) is 0 Å². The topological polar surface area (TPSA) is 87.7 Å². The number of hydrogen-bond donors (Lipinski definition) is 2. The van der Waals surface area contributed by atoms with Crippen LogP contribution in [-0.2, 0) is 25.5 Å². The zero-order valence-electron chi connectivity index (χ0n) is 15.8. The quantitative estimate of drug-likeness (QED) is 0.756. The van der Waals surface area contributed by atoms with Gasteiger partial charge in [0.15, 0.2) is 0 Å². The fourth-order valence-electron chi connectivity index (χ4n) is 4.11. The maximum atomic E-state index is 13.1. The van der Waals surface area contributed by atoms with Gasteiger partial charge in [-0.1, -0.05) is 23.7 Å². The molecule has 3 aliphatic rings. The summed E-state index contributed by atoms with van der Waals surface area (Å²) in [6, 6.07) is 6.87. The lowest BCUT2D eigenvalue weighted by atomic mass is 9.72. The first-order valence-electron chi connectivity index (χ1n) is 9.52. The summed E-state index contributed by atoms with van der Waals surface area (Å²) in [4.78, 5) is 39.5. The number of nitrogens with one attached hydrogen (secondary N) is 2. The zero-order chi connectivity index (χ0) is 19.9. The molecule has 150 valence electrons. The van der Waals surface area contributed by atoms with Crippen molar-refractivity contribution < 1.29 is 19.1 Å². The second-order valence-corrected chi connectivity index (χ2v) is 8.84. The lowest BCUT2D eigenvalue weighted by Crippen LogP contribution is -2.69. The first-order valence-corrected chi connectivity index (χ1v) is 9.89. The Labute approximate surface area is 168 Å². The smallest absolute Gasteiger partial charge is 0.242 e. The van der Waals surface area contributed by atoms with E-state index in [0.717, 1.165) is 5.56 Å². The molecule has 7 nitrogen and oxygen atoms in total. The minimum Gasteiger partial charge on any atom is -0.379 e. The van der Waals surface area contributed by atoms with E-state index in [4.69, 9.17) is 16.3 Å². The first-order chi connectivity index (χ1) is 13.3. The Morgan fingerprint density at radius 2 is 1.96 bits per heavy atom. The lowest BCUT2D eigenvalue weighted by Gasteiger charge is -2.52. The number of hydrogen-bond acceptors (Lipinski definition) is 4. The van der Waals surface area contributed by atoms with Gasteiger partial charge in [-0.05, 0) is 37.5 Å². The number of carbonyl (C=O) groups is 3. The van der Waals surface area contributed by atoms with Crippen molar-refractivity contribution in [2.24, 2.45) is 10.8 Å². The maximum Gasteiger partial charge on any atom is 0.242 e. The highest BCUT2D eigenvalue weighted by molar-refractivity contribution is 6.30. The van der Waals surface area contributed by atoms with E-state index < -0.39 is 16.9 Å². The van der Waals surface area contributed by atoms with Gasteiger partial charge < -0.3 is 20.3 Å². The fraction of sp³-hybridized carbons (Fsp3) is 0.550. The largest absolute Gasteiger partial charge is 0.379 e. The van der Waals surface area contributed by atoms with Crippen molar-refractivity contribution in [3.05, 3.63) is 34.9 Å². The van der Waals surface area contributed by atoms with Crippen molar-refractivity contribution in [3.8, 4) is 0 Å². The molecule has 0 bridgehead atoms. The fourth-order valence-corrected chi connectivity index (χ4v) is 4.24. The van der Waals surface area contributed by atoms with Crippen molar-refractivity contribution in [3.63, 3.8) is 0 Å². The zero-order valence-corrected chi connectivity index (χ0v) is 16.6. The van der Waals surface area contributed by atoms with Crippen LogP contribution in [0, 0.1) is 10.8 Å². The molecular formula is C20H24ClN3O4. The number of halogens is 1. The van der Waals surface area contributed by atoms with Gasteiger partial charge in [0.1, 0.15) is 6.04 Å². The summed E-state index contributed by atoms with van der Waals surface area (Å²) >= 11 is 5.97. The summed E-state index contributed by atoms with van der Waals surface area (Å²) in [7, 11) is 0. The predicted octanol–water partition coefficient (Wildman–Crippen LogP) is 0.752. The summed E-state index contributed by atoms with van der Waals surface area (Å²) < 4.78 is 5.20. The molecule has 0 radical (unpaired) electrons. The molecule has 0 saturated carbocycles. The summed E-state index contributed by atoms with van der Waals surface area (Å²) in [5.41, 5.74) is -0.262. The molecule has 0 aromatic heterocycles. The SMILES string of the molecule is CC1(C(=O)N2CC(Cc3ccc(Cl)cc3)(C(=O)NC3CCNC3=O)C2)COC1. The average molecular weight is 406 g/mol. The van der Waals surface area contributed by atoms with Crippen LogP contribution in [0.4, 0.5) is 0 Å². The number of nitrogens with zero attached hydrogens (tertiary/aromatic N) is 1. The molecule has 1 unspecified atom stereocenters. The second-order valence-electron chi connectivity index (χ2n) is 8.40. The summed E-state index contributed by atoms with van der Waals surface area (Å²) in [6.07, 6.45) is 1.07. The Kier molecular flexibility index (Phi) is 4.83. The Morgan fingerprint density at radius 3 is 2.50 bits per heavy atom. The van der Waals surface area contributed by atoms with E-state index in [0.29, 0.717) is 50.7 Å². The minimum absolute atomic E-state index is 0.0249. The third-order valence-electron chi connectivity index (χ3n) is 5.92. The predicted molar refractivity (Wildman–Crippen MR) is 103 cm³/mol. The van der Waals surface area contributed by atoms with E-state index in [1.807, 2.05) is 19.1 Å². The third-order valence-corrected chi connectivity index (χ3v) is 6.18. The minimum atomic E-state index is -0.743. The van der Waals surface area contributed by atoms with Gasteiger partial charge >= 0.3 is 0 Å². The second kappa shape index (κ2) is 7.04. The molecule has 28 heavy (non-hydrogen) atoms. The van der Waals surface area contributed by atoms with Crippen LogP contribution < -0.4 is 10.6 Å². The Morgan fingerprint density at radius 1 is 1.29 bits per heavy atom. The van der Waals surface area contributed by atoms with Crippen LogP contribution in [0.3, 0.4) is 0 Å². The molecule has 0 spiro atoms. The molecule has 1 atom stereocenters. The summed E-state index contributed by atoms with van der Waals surface area (Å²) in [5.74, 6) is -0.304. The summed E-state index contributed by atoms with van der Waals surface area (Å²) in [6.45, 7) is 3.97. The third kappa shape index (κ3) is 3.37. The van der Waals surface area contributed by atoms with Crippen LogP contribution in [0.1, 0.15) is 18.9 Å². The van der Waals surface area contributed by atoms with E-state index in [1.54, 1.807) is 17.0 Å². The Bertz CT molecular complexity index is 800. The average Bonchev–Trinajstić information content (AvgIpc) is 3.01. The molecule has 1 aromatic rings. The summed E-state index contributed by atoms with van der Waals surface area (Å²) in [5, 5.41) is 6.26. The van der Waals surface area contributed by atoms with Crippen LogP contribution in [-0.4, -0.2) is 61.5 Å². The number of likely N-dealkylation sites (tertiary alicyclic amines) is 1. The first kappa shape index (κ1) is 19.2. The van der Waals surface area contributed by atoms with E-state index in [1.165, 1.54) is 0 Å². The van der Waals surface area contributed by atoms with Crippen LogP contribution >= 0.6 is 11.6 Å². The van der Waals surface area contributed by atoms with Crippen LogP contribution in [0.25, 0.3) is 0 Å². The van der Waals surface area contributed by atoms with Gasteiger partial charge in [-0.15, -0.1) is 0 Å². The number of benzene rings is 1. The van der Waals surface area contributed by atoms with Gasteiger partial charge in [-0.2, -0.15) is 0 Å². The molecule has 3 aliphatic heterocycles. The van der Waals surface area contributed by atoms with Gasteiger partial charge in [0.05, 0.1) is 24.0 Å². The molecule has 3 fully saturated rings. The molecule has 8 heteroatoms. The normalized spacial score (nSPS) is 24.7. The highest BCUT2D eigenvalue weighted by Gasteiger charge is 2.55. The van der Waals surface area contributed by atoms with Crippen LogP contribution in [0.2, 0.25) is 5.02 Å². The van der Waals surface area contributed by atoms with Gasteiger partial charge in [0.2, 0.25) is 17.7 Å². The molecule has 3 heterocycles. The Hall–Kier alpha value is -2.12. The molecule has 4 rings (SSSR count). The van der Waals surface area contributed by atoms with Gasteiger partial charge in [0.25, 0.3) is 0 Å². The number of ether oxygens (including phenoxy) is 1. The van der Waals surface area contributed by atoms with Gasteiger partial charge in [-0.25, -0.2) is 0 Å². The molecule has 2 N–H and O–H groups in total. The monoisotopic (exact) mass is 405 g/mol. The van der Waals surface area contributed by atoms with E-state index >= 15 is 0 Å². The van der Waals surface area contributed by atoms with Gasteiger partial charge in [-0.3, -0.25) is 14.4 Å². The Balaban J connectivity index is 1.50. The molecule has 0 aliphatic carbocycles. The van der Waals surface area contributed by atoms with Crippen LogP contribution in [0.15, 0.2) is 24.3 Å². The lowest BCUT2D eigenvalue weighted by molar-refractivity contribution is -0.181. The van der Waals surface area contributed by atoms with E-state index in [-0.39, 0.29) is 17.7 Å². The van der Waals surface area contributed by atoms with E-state index in [2.05, 4.69) is 10.6 Å². The van der Waals surface area contributed by atoms with Crippen molar-refractivity contribution >= 4 is 29.3 Å². The van der Waals surface area contributed by atoms with Gasteiger partial charge in [0, 0.05) is 24.7 Å². The van der Waals surface area contributed by atoms with Crippen molar-refractivity contribution in [2.45, 2.75) is 25.8 Å².